The first-order chi connectivity index (χ1) is 7.66. The third kappa shape index (κ3) is 2.54. The Labute approximate surface area is 96.4 Å². The summed E-state index contributed by atoms with van der Waals surface area (Å²) in [4.78, 5) is 24.7. The highest BCUT2D eigenvalue weighted by molar-refractivity contribution is 5.97. The summed E-state index contributed by atoms with van der Waals surface area (Å²) in [6, 6.07) is -0.200. The molecule has 2 aliphatic rings. The summed E-state index contributed by atoms with van der Waals surface area (Å²) in [6.07, 6.45) is 6.36. The van der Waals surface area contributed by atoms with E-state index in [9.17, 15) is 9.59 Å². The minimum atomic E-state index is -0.200. The molecule has 3 amide bonds. The highest BCUT2D eigenvalue weighted by Crippen LogP contribution is 2.25. The van der Waals surface area contributed by atoms with Crippen molar-refractivity contribution in [1.82, 2.24) is 10.2 Å². The van der Waals surface area contributed by atoms with E-state index < -0.39 is 0 Å². The fourth-order valence-corrected chi connectivity index (χ4v) is 2.64. The first kappa shape index (κ1) is 11.4. The molecule has 0 bridgehead atoms. The van der Waals surface area contributed by atoms with Crippen LogP contribution in [0.15, 0.2) is 0 Å². The van der Waals surface area contributed by atoms with E-state index in [2.05, 4.69) is 5.32 Å². The van der Waals surface area contributed by atoms with Gasteiger partial charge in [0.25, 0.3) is 0 Å². The second-order valence-corrected chi connectivity index (χ2v) is 5.10. The van der Waals surface area contributed by atoms with Crippen molar-refractivity contribution in [2.24, 2.45) is 11.8 Å². The van der Waals surface area contributed by atoms with Crippen LogP contribution in [-0.4, -0.2) is 29.9 Å². The average molecular weight is 224 g/mol. The molecule has 1 unspecified atom stereocenters. The van der Waals surface area contributed by atoms with Crippen LogP contribution in [0.1, 0.15) is 39.0 Å². The quantitative estimate of drug-likeness (QED) is 0.777. The number of nitrogens with zero attached hydrogens (tertiary/aromatic N) is 1. The lowest BCUT2D eigenvalue weighted by Crippen LogP contribution is -2.54. The first-order valence-electron chi connectivity index (χ1n) is 6.26. The summed E-state index contributed by atoms with van der Waals surface area (Å²) >= 11 is 0. The lowest BCUT2D eigenvalue weighted by molar-refractivity contribution is -0.125. The van der Waals surface area contributed by atoms with Gasteiger partial charge in [0.15, 0.2) is 0 Å². The van der Waals surface area contributed by atoms with Crippen molar-refractivity contribution in [2.45, 2.75) is 39.0 Å². The monoisotopic (exact) mass is 224 g/mol. The lowest BCUT2D eigenvalue weighted by Gasteiger charge is -2.34. The van der Waals surface area contributed by atoms with Crippen molar-refractivity contribution < 1.29 is 9.59 Å². The number of imide groups is 1. The van der Waals surface area contributed by atoms with Gasteiger partial charge in [0, 0.05) is 13.1 Å². The lowest BCUT2D eigenvalue weighted by atomic mass is 9.88. The molecule has 1 N–H and O–H groups in total. The van der Waals surface area contributed by atoms with Crippen LogP contribution >= 0.6 is 0 Å². The van der Waals surface area contributed by atoms with Crippen LogP contribution in [-0.2, 0) is 4.79 Å². The molecule has 1 atom stereocenters. The molecule has 1 saturated heterocycles. The number of carbonyl (C=O) groups is 2. The summed E-state index contributed by atoms with van der Waals surface area (Å²) in [5, 5.41) is 2.42. The highest BCUT2D eigenvalue weighted by atomic mass is 16.2. The summed E-state index contributed by atoms with van der Waals surface area (Å²) in [6.45, 7) is 3.28. The Balaban J connectivity index is 1.88. The Kier molecular flexibility index (Phi) is 3.46. The molecule has 0 aromatic rings. The van der Waals surface area contributed by atoms with Gasteiger partial charge in [0.2, 0.25) is 5.91 Å². The van der Waals surface area contributed by atoms with E-state index in [1.807, 2.05) is 11.8 Å². The van der Waals surface area contributed by atoms with Gasteiger partial charge in [-0.05, 0) is 18.8 Å². The predicted octanol–water partition coefficient (Wildman–Crippen LogP) is 1.75. The molecule has 2 fully saturated rings. The fourth-order valence-electron chi connectivity index (χ4n) is 2.64. The molecule has 0 aromatic carbocycles. The Hall–Kier alpha value is -1.06. The fraction of sp³-hybridized carbons (Fsp3) is 0.833. The van der Waals surface area contributed by atoms with Gasteiger partial charge in [-0.1, -0.05) is 26.2 Å². The van der Waals surface area contributed by atoms with Crippen LogP contribution in [0.25, 0.3) is 0 Å². The largest absolute Gasteiger partial charge is 0.324 e. The van der Waals surface area contributed by atoms with Crippen molar-refractivity contribution in [3.63, 3.8) is 0 Å². The number of amides is 3. The SMILES string of the molecule is CC1CN(CC2CCCCC2)C(=O)NC1=O. The summed E-state index contributed by atoms with van der Waals surface area (Å²) < 4.78 is 0. The van der Waals surface area contributed by atoms with E-state index in [1.165, 1.54) is 32.1 Å². The van der Waals surface area contributed by atoms with E-state index in [0.717, 1.165) is 6.54 Å². The number of nitrogens with one attached hydrogen (secondary N) is 1. The maximum absolute atomic E-state index is 11.6. The van der Waals surface area contributed by atoms with Crippen molar-refractivity contribution in [3.05, 3.63) is 0 Å². The molecular formula is C12H20N2O2. The molecule has 90 valence electrons. The van der Waals surface area contributed by atoms with Crippen molar-refractivity contribution in [2.75, 3.05) is 13.1 Å². The zero-order valence-corrected chi connectivity index (χ0v) is 9.87. The van der Waals surface area contributed by atoms with Gasteiger partial charge in [0.05, 0.1) is 5.92 Å². The van der Waals surface area contributed by atoms with Crippen LogP contribution in [0, 0.1) is 11.8 Å². The van der Waals surface area contributed by atoms with Crippen LogP contribution in [0.2, 0.25) is 0 Å². The van der Waals surface area contributed by atoms with Crippen molar-refractivity contribution in [3.8, 4) is 0 Å². The Bertz CT molecular complexity index is 285. The second-order valence-electron chi connectivity index (χ2n) is 5.10. The Morgan fingerprint density at radius 1 is 1.25 bits per heavy atom. The Morgan fingerprint density at radius 2 is 1.94 bits per heavy atom. The third-order valence-electron chi connectivity index (χ3n) is 3.66. The van der Waals surface area contributed by atoms with Gasteiger partial charge in [-0.3, -0.25) is 10.1 Å². The molecule has 1 aliphatic heterocycles. The molecule has 4 heteroatoms. The number of hydrogen-bond acceptors (Lipinski definition) is 2. The molecule has 1 saturated carbocycles. The molecule has 16 heavy (non-hydrogen) atoms. The van der Waals surface area contributed by atoms with Gasteiger partial charge >= 0.3 is 6.03 Å². The smallest absolute Gasteiger partial charge is 0.323 e. The maximum atomic E-state index is 11.6. The summed E-state index contributed by atoms with van der Waals surface area (Å²) in [5.74, 6) is 0.436. The van der Waals surface area contributed by atoms with E-state index in [4.69, 9.17) is 0 Å². The van der Waals surface area contributed by atoms with Crippen LogP contribution in [0.5, 0.6) is 0 Å². The molecule has 2 rings (SSSR count). The highest BCUT2D eigenvalue weighted by Gasteiger charge is 2.30. The van der Waals surface area contributed by atoms with Crippen molar-refractivity contribution >= 4 is 11.9 Å². The van der Waals surface area contributed by atoms with Gasteiger partial charge in [-0.15, -0.1) is 0 Å². The van der Waals surface area contributed by atoms with Gasteiger partial charge in [-0.2, -0.15) is 0 Å². The predicted molar refractivity (Wildman–Crippen MR) is 60.9 cm³/mol. The average Bonchev–Trinajstić information content (AvgIpc) is 2.27. The Morgan fingerprint density at radius 3 is 2.62 bits per heavy atom. The second kappa shape index (κ2) is 4.85. The molecule has 0 radical (unpaired) electrons. The molecule has 0 spiro atoms. The number of carbonyl (C=O) groups excluding carboxylic acids is 2. The van der Waals surface area contributed by atoms with Gasteiger partial charge in [-0.25, -0.2) is 4.79 Å². The summed E-state index contributed by atoms with van der Waals surface area (Å²) in [7, 11) is 0. The van der Waals surface area contributed by atoms with Crippen LogP contribution in [0.3, 0.4) is 0 Å². The summed E-state index contributed by atoms with van der Waals surface area (Å²) in [5.41, 5.74) is 0. The van der Waals surface area contributed by atoms with Crippen LogP contribution < -0.4 is 5.32 Å². The minimum absolute atomic E-state index is 0.0682. The standard InChI is InChI=1S/C12H20N2O2/c1-9-7-14(12(16)13-11(9)15)8-10-5-3-2-4-6-10/h9-10H,2-8H2,1H3,(H,13,15,16). The zero-order valence-electron chi connectivity index (χ0n) is 9.87. The number of urea groups is 1. The third-order valence-corrected chi connectivity index (χ3v) is 3.66. The molecule has 1 aliphatic carbocycles. The molecule has 1 heterocycles. The van der Waals surface area contributed by atoms with E-state index in [0.29, 0.717) is 12.5 Å². The van der Waals surface area contributed by atoms with E-state index in [-0.39, 0.29) is 17.9 Å². The first-order valence-corrected chi connectivity index (χ1v) is 6.26. The molecular weight excluding hydrogens is 204 g/mol. The van der Waals surface area contributed by atoms with E-state index in [1.54, 1.807) is 0 Å². The van der Waals surface area contributed by atoms with Crippen LogP contribution in [0.4, 0.5) is 4.79 Å². The van der Waals surface area contributed by atoms with Crippen molar-refractivity contribution in [1.29, 1.82) is 0 Å². The zero-order chi connectivity index (χ0) is 11.5. The minimum Gasteiger partial charge on any atom is -0.323 e. The molecule has 4 nitrogen and oxygen atoms in total. The topological polar surface area (TPSA) is 49.4 Å². The van der Waals surface area contributed by atoms with E-state index >= 15 is 0 Å². The normalized spacial score (nSPS) is 28.1. The number of rotatable bonds is 2. The number of hydrogen-bond donors (Lipinski definition) is 1. The maximum Gasteiger partial charge on any atom is 0.324 e. The molecule has 0 aromatic heterocycles. The van der Waals surface area contributed by atoms with Gasteiger partial charge in [0.1, 0.15) is 0 Å². The van der Waals surface area contributed by atoms with Gasteiger partial charge < -0.3 is 4.90 Å².